The Morgan fingerprint density at radius 3 is 2.75 bits per heavy atom. The Morgan fingerprint density at radius 2 is 2.12 bits per heavy atom. The van der Waals surface area contributed by atoms with Gasteiger partial charge in [-0.2, -0.15) is 0 Å². The van der Waals surface area contributed by atoms with Crippen LogP contribution in [0.1, 0.15) is 0 Å². The largest absolute Gasteiger partial charge is 0.497 e. The number of aromatic nitrogens is 2. The first kappa shape index (κ1) is 10.8. The van der Waals surface area contributed by atoms with E-state index in [4.69, 9.17) is 16.3 Å². The molecule has 0 N–H and O–H groups in total. The minimum absolute atomic E-state index is 0.0905. The maximum atomic E-state index is 13.7. The third kappa shape index (κ3) is 2.12. The molecule has 0 amide bonds. The van der Waals surface area contributed by atoms with Gasteiger partial charge in [-0.15, -0.1) is 0 Å². The highest BCUT2D eigenvalue weighted by atomic mass is 35.5. The molecule has 0 radical (unpaired) electrons. The van der Waals surface area contributed by atoms with Crippen LogP contribution in [0.2, 0.25) is 5.28 Å². The fraction of sp³-hybridized carbons (Fsp3) is 0.0909. The number of ether oxygens (including phenoxy) is 1. The van der Waals surface area contributed by atoms with E-state index in [2.05, 4.69) is 9.97 Å². The van der Waals surface area contributed by atoms with Crippen LogP contribution < -0.4 is 4.74 Å². The third-order valence-electron chi connectivity index (χ3n) is 2.08. The van der Waals surface area contributed by atoms with E-state index in [1.807, 2.05) is 0 Å². The fourth-order valence-electron chi connectivity index (χ4n) is 1.32. The van der Waals surface area contributed by atoms with Gasteiger partial charge in [-0.25, -0.2) is 14.4 Å². The summed E-state index contributed by atoms with van der Waals surface area (Å²) in [5.41, 5.74) is 0.810. The van der Waals surface area contributed by atoms with Crippen molar-refractivity contribution in [3.05, 3.63) is 41.6 Å². The van der Waals surface area contributed by atoms with Gasteiger partial charge in [0.25, 0.3) is 0 Å². The van der Waals surface area contributed by atoms with Gasteiger partial charge in [0.05, 0.1) is 12.8 Å². The van der Waals surface area contributed by atoms with Crippen molar-refractivity contribution in [3.63, 3.8) is 0 Å². The Bertz CT molecular complexity index is 519. The van der Waals surface area contributed by atoms with Crippen molar-refractivity contribution < 1.29 is 9.13 Å². The van der Waals surface area contributed by atoms with E-state index in [9.17, 15) is 4.39 Å². The predicted molar refractivity (Wildman–Crippen MR) is 59.0 cm³/mol. The third-order valence-corrected chi connectivity index (χ3v) is 2.26. The SMILES string of the molecule is COc1ccc(-c2ccnc(Cl)n2)c(F)c1. The molecule has 0 spiro atoms. The fourth-order valence-corrected chi connectivity index (χ4v) is 1.46. The first-order valence-corrected chi connectivity index (χ1v) is 4.91. The maximum absolute atomic E-state index is 13.7. The molecule has 0 atom stereocenters. The lowest BCUT2D eigenvalue weighted by Crippen LogP contribution is -1.91. The summed E-state index contributed by atoms with van der Waals surface area (Å²) in [5.74, 6) is 0.0514. The lowest BCUT2D eigenvalue weighted by atomic mass is 10.1. The van der Waals surface area contributed by atoms with Gasteiger partial charge in [0, 0.05) is 17.8 Å². The normalized spacial score (nSPS) is 10.2. The summed E-state index contributed by atoms with van der Waals surface area (Å²) in [5, 5.41) is 0.0905. The smallest absolute Gasteiger partial charge is 0.222 e. The minimum atomic E-state index is -0.408. The Hall–Kier alpha value is -1.68. The van der Waals surface area contributed by atoms with Crippen molar-refractivity contribution in [2.45, 2.75) is 0 Å². The quantitative estimate of drug-likeness (QED) is 0.755. The Balaban J connectivity index is 2.48. The van der Waals surface area contributed by atoms with Crippen LogP contribution in [-0.2, 0) is 0 Å². The highest BCUT2D eigenvalue weighted by molar-refractivity contribution is 6.28. The van der Waals surface area contributed by atoms with Crippen molar-refractivity contribution in [1.29, 1.82) is 0 Å². The molecule has 0 fully saturated rings. The number of halogens is 2. The van der Waals surface area contributed by atoms with Gasteiger partial charge in [0.1, 0.15) is 11.6 Å². The topological polar surface area (TPSA) is 35.0 Å². The molecule has 0 aliphatic rings. The van der Waals surface area contributed by atoms with Crippen LogP contribution in [-0.4, -0.2) is 17.1 Å². The summed E-state index contributed by atoms with van der Waals surface area (Å²) in [6.45, 7) is 0. The zero-order valence-corrected chi connectivity index (χ0v) is 9.20. The van der Waals surface area contributed by atoms with Gasteiger partial charge >= 0.3 is 0 Å². The van der Waals surface area contributed by atoms with Gasteiger partial charge in [-0.3, -0.25) is 0 Å². The minimum Gasteiger partial charge on any atom is -0.497 e. The average Bonchev–Trinajstić information content (AvgIpc) is 2.28. The summed E-state index contributed by atoms with van der Waals surface area (Å²) in [4.78, 5) is 7.67. The van der Waals surface area contributed by atoms with E-state index in [0.717, 1.165) is 0 Å². The molecule has 0 bridgehead atoms. The number of rotatable bonds is 2. The van der Waals surface area contributed by atoms with Crippen LogP contribution in [0.25, 0.3) is 11.3 Å². The van der Waals surface area contributed by atoms with Gasteiger partial charge < -0.3 is 4.74 Å². The van der Waals surface area contributed by atoms with E-state index in [1.54, 1.807) is 18.2 Å². The van der Waals surface area contributed by atoms with Crippen molar-refractivity contribution in [2.75, 3.05) is 7.11 Å². The molecule has 0 aliphatic heterocycles. The van der Waals surface area contributed by atoms with Crippen LogP contribution in [0.4, 0.5) is 4.39 Å². The van der Waals surface area contributed by atoms with Crippen LogP contribution in [0.3, 0.4) is 0 Å². The molecular weight excluding hydrogens is 231 g/mol. The summed E-state index contributed by atoms with van der Waals surface area (Å²) < 4.78 is 18.6. The van der Waals surface area contributed by atoms with Crippen LogP contribution in [0.5, 0.6) is 5.75 Å². The number of benzene rings is 1. The number of nitrogens with zero attached hydrogens (tertiary/aromatic N) is 2. The first-order valence-electron chi connectivity index (χ1n) is 4.53. The molecule has 82 valence electrons. The van der Waals surface area contributed by atoms with E-state index < -0.39 is 5.82 Å². The van der Waals surface area contributed by atoms with E-state index in [0.29, 0.717) is 17.0 Å². The highest BCUT2D eigenvalue weighted by Crippen LogP contribution is 2.24. The molecule has 1 heterocycles. The standard InChI is InChI=1S/C11H8ClFN2O/c1-16-7-2-3-8(9(13)6-7)10-4-5-14-11(12)15-10/h2-6H,1H3. The summed E-state index contributed by atoms with van der Waals surface area (Å²) in [6, 6.07) is 6.14. The average molecular weight is 239 g/mol. The molecule has 0 aliphatic carbocycles. The summed E-state index contributed by atoms with van der Waals surface area (Å²) >= 11 is 5.64. The lowest BCUT2D eigenvalue weighted by Gasteiger charge is -2.04. The Kier molecular flexibility index (Phi) is 3.01. The molecule has 0 saturated carbocycles. The lowest BCUT2D eigenvalue weighted by molar-refractivity contribution is 0.411. The van der Waals surface area contributed by atoms with E-state index >= 15 is 0 Å². The molecule has 2 rings (SSSR count). The molecule has 0 unspecified atom stereocenters. The molecule has 2 aromatic rings. The Morgan fingerprint density at radius 1 is 1.31 bits per heavy atom. The molecule has 0 saturated heterocycles. The monoisotopic (exact) mass is 238 g/mol. The first-order chi connectivity index (χ1) is 7.70. The van der Waals surface area contributed by atoms with Crippen LogP contribution in [0, 0.1) is 5.82 Å². The van der Waals surface area contributed by atoms with Gasteiger partial charge in [0.2, 0.25) is 5.28 Å². The second-order valence-corrected chi connectivity index (χ2v) is 3.39. The van der Waals surface area contributed by atoms with Gasteiger partial charge in [-0.05, 0) is 29.8 Å². The number of hydrogen-bond donors (Lipinski definition) is 0. The molecular formula is C11H8ClFN2O. The maximum Gasteiger partial charge on any atom is 0.222 e. The Labute approximate surface area is 96.9 Å². The molecule has 5 heteroatoms. The zero-order chi connectivity index (χ0) is 11.5. The number of hydrogen-bond acceptors (Lipinski definition) is 3. The van der Waals surface area contributed by atoms with Crippen LogP contribution in [0.15, 0.2) is 30.5 Å². The van der Waals surface area contributed by atoms with Gasteiger partial charge in [-0.1, -0.05) is 0 Å². The second-order valence-electron chi connectivity index (χ2n) is 3.06. The highest BCUT2D eigenvalue weighted by Gasteiger charge is 2.08. The van der Waals surface area contributed by atoms with E-state index in [-0.39, 0.29) is 5.28 Å². The zero-order valence-electron chi connectivity index (χ0n) is 8.45. The predicted octanol–water partition coefficient (Wildman–Crippen LogP) is 2.94. The summed E-state index contributed by atoms with van der Waals surface area (Å²) in [6.07, 6.45) is 1.48. The van der Waals surface area contributed by atoms with Crippen molar-refractivity contribution in [2.24, 2.45) is 0 Å². The molecule has 1 aromatic heterocycles. The summed E-state index contributed by atoms with van der Waals surface area (Å²) in [7, 11) is 1.48. The van der Waals surface area contributed by atoms with Gasteiger partial charge in [0.15, 0.2) is 0 Å². The van der Waals surface area contributed by atoms with Crippen molar-refractivity contribution >= 4 is 11.6 Å². The molecule has 3 nitrogen and oxygen atoms in total. The van der Waals surface area contributed by atoms with Crippen molar-refractivity contribution in [3.8, 4) is 17.0 Å². The van der Waals surface area contributed by atoms with E-state index in [1.165, 1.54) is 19.4 Å². The second kappa shape index (κ2) is 4.45. The molecule has 16 heavy (non-hydrogen) atoms. The van der Waals surface area contributed by atoms with Crippen LogP contribution >= 0.6 is 11.6 Å². The van der Waals surface area contributed by atoms with Crippen molar-refractivity contribution in [1.82, 2.24) is 9.97 Å². The molecule has 1 aromatic carbocycles. The number of methoxy groups -OCH3 is 1.